The molecule has 4 heteroatoms. The van der Waals surface area contributed by atoms with Crippen molar-refractivity contribution in [3.8, 4) is 0 Å². The van der Waals surface area contributed by atoms with E-state index in [1.165, 1.54) is 5.56 Å². The molecule has 1 fully saturated rings. The lowest BCUT2D eigenvalue weighted by molar-refractivity contribution is 0.620. The first kappa shape index (κ1) is 9.90. The Bertz CT molecular complexity index is 519. The fraction of sp³-hybridized carbons (Fsp3) is 0.417. The van der Waals surface area contributed by atoms with Gasteiger partial charge in [-0.15, -0.1) is 0 Å². The molecule has 0 bridgehead atoms. The first-order valence-electron chi connectivity index (χ1n) is 5.63. The Morgan fingerprint density at radius 1 is 1.38 bits per heavy atom. The minimum atomic E-state index is 0.151. The third-order valence-corrected chi connectivity index (χ3v) is 3.77. The van der Waals surface area contributed by atoms with E-state index in [1.807, 2.05) is 21.5 Å². The van der Waals surface area contributed by atoms with Crippen molar-refractivity contribution in [3.63, 3.8) is 0 Å². The summed E-state index contributed by atoms with van der Waals surface area (Å²) >= 11 is 1.71. The van der Waals surface area contributed by atoms with Gasteiger partial charge in [0.15, 0.2) is 0 Å². The highest BCUT2D eigenvalue weighted by Gasteiger charge is 2.25. The Kier molecular flexibility index (Phi) is 2.44. The van der Waals surface area contributed by atoms with E-state index in [2.05, 4.69) is 16.8 Å². The van der Waals surface area contributed by atoms with E-state index in [4.69, 9.17) is 0 Å². The lowest BCUT2D eigenvalue weighted by Gasteiger charge is -2.00. The van der Waals surface area contributed by atoms with Crippen molar-refractivity contribution < 1.29 is 0 Å². The first-order valence-corrected chi connectivity index (χ1v) is 6.57. The van der Waals surface area contributed by atoms with Crippen molar-refractivity contribution in [2.75, 3.05) is 0 Å². The Balaban J connectivity index is 1.72. The van der Waals surface area contributed by atoms with Gasteiger partial charge < -0.3 is 0 Å². The summed E-state index contributed by atoms with van der Waals surface area (Å²) in [5, 5.41) is 4.22. The average Bonchev–Trinajstić information content (AvgIpc) is 2.87. The van der Waals surface area contributed by atoms with E-state index in [-0.39, 0.29) is 5.69 Å². The van der Waals surface area contributed by atoms with Crippen molar-refractivity contribution >= 4 is 11.3 Å². The SMILES string of the molecule is O=c1n(CCc2ccsc2)ccn1C1CC1. The van der Waals surface area contributed by atoms with Gasteiger partial charge in [0.05, 0.1) is 0 Å². The fourth-order valence-electron chi connectivity index (χ4n) is 1.91. The van der Waals surface area contributed by atoms with E-state index in [0.29, 0.717) is 6.04 Å². The zero-order valence-electron chi connectivity index (χ0n) is 9.00. The molecule has 1 aliphatic rings. The van der Waals surface area contributed by atoms with Gasteiger partial charge in [0.2, 0.25) is 0 Å². The van der Waals surface area contributed by atoms with Crippen LogP contribution in [-0.4, -0.2) is 9.13 Å². The lowest BCUT2D eigenvalue weighted by atomic mass is 10.2. The molecule has 0 aromatic carbocycles. The van der Waals surface area contributed by atoms with Crippen LogP contribution in [0, 0.1) is 0 Å². The topological polar surface area (TPSA) is 26.9 Å². The highest BCUT2D eigenvalue weighted by Crippen LogP contribution is 2.33. The highest BCUT2D eigenvalue weighted by molar-refractivity contribution is 7.07. The minimum absolute atomic E-state index is 0.151. The Morgan fingerprint density at radius 2 is 2.25 bits per heavy atom. The predicted molar refractivity (Wildman–Crippen MR) is 65.0 cm³/mol. The van der Waals surface area contributed by atoms with E-state index in [1.54, 1.807) is 11.3 Å². The second kappa shape index (κ2) is 3.94. The van der Waals surface area contributed by atoms with Crippen molar-refractivity contribution in [2.24, 2.45) is 0 Å². The molecule has 0 unspecified atom stereocenters. The molecule has 0 spiro atoms. The molecule has 0 radical (unpaired) electrons. The molecule has 0 aliphatic heterocycles. The van der Waals surface area contributed by atoms with Crippen molar-refractivity contribution in [2.45, 2.75) is 31.8 Å². The number of thiophene rings is 1. The van der Waals surface area contributed by atoms with Gasteiger partial charge in [0.1, 0.15) is 0 Å². The molecule has 0 N–H and O–H groups in total. The van der Waals surface area contributed by atoms with Crippen LogP contribution in [0.4, 0.5) is 0 Å². The molecule has 16 heavy (non-hydrogen) atoms. The van der Waals surface area contributed by atoms with Crippen molar-refractivity contribution in [3.05, 3.63) is 45.3 Å². The smallest absolute Gasteiger partial charge is 0.299 e. The van der Waals surface area contributed by atoms with Crippen LogP contribution in [0.15, 0.2) is 34.0 Å². The largest absolute Gasteiger partial charge is 0.328 e. The van der Waals surface area contributed by atoms with Crippen LogP contribution >= 0.6 is 11.3 Å². The van der Waals surface area contributed by atoms with Gasteiger partial charge in [-0.2, -0.15) is 11.3 Å². The zero-order valence-corrected chi connectivity index (χ0v) is 9.82. The molecular formula is C12H14N2OS. The summed E-state index contributed by atoms with van der Waals surface area (Å²) in [5.74, 6) is 0. The zero-order chi connectivity index (χ0) is 11.0. The third kappa shape index (κ3) is 1.85. The average molecular weight is 234 g/mol. The van der Waals surface area contributed by atoms with E-state index in [9.17, 15) is 4.79 Å². The normalized spacial score (nSPS) is 15.5. The monoisotopic (exact) mass is 234 g/mol. The maximum Gasteiger partial charge on any atom is 0.328 e. The molecule has 3 rings (SSSR count). The van der Waals surface area contributed by atoms with Crippen LogP contribution < -0.4 is 5.69 Å². The molecule has 84 valence electrons. The lowest BCUT2D eigenvalue weighted by Crippen LogP contribution is -2.24. The molecule has 1 aliphatic carbocycles. The van der Waals surface area contributed by atoms with Crippen LogP contribution in [0.5, 0.6) is 0 Å². The first-order chi connectivity index (χ1) is 7.84. The molecule has 0 saturated heterocycles. The Morgan fingerprint density at radius 3 is 2.94 bits per heavy atom. The number of hydrogen-bond acceptors (Lipinski definition) is 2. The summed E-state index contributed by atoms with van der Waals surface area (Å²) in [5.41, 5.74) is 1.47. The number of nitrogens with zero attached hydrogens (tertiary/aromatic N) is 2. The Labute approximate surface area is 98.0 Å². The van der Waals surface area contributed by atoms with Gasteiger partial charge in [0, 0.05) is 25.0 Å². The molecule has 0 amide bonds. The second-order valence-corrected chi connectivity index (χ2v) is 5.07. The van der Waals surface area contributed by atoms with Gasteiger partial charge in [-0.05, 0) is 41.7 Å². The fourth-order valence-corrected chi connectivity index (χ4v) is 2.62. The third-order valence-electron chi connectivity index (χ3n) is 3.04. The predicted octanol–water partition coefficient (Wildman–Crippen LogP) is 2.29. The van der Waals surface area contributed by atoms with Gasteiger partial charge in [-0.25, -0.2) is 4.79 Å². The standard InChI is InChI=1S/C12H14N2OS/c15-12-13(5-3-10-4-8-16-9-10)6-7-14(12)11-1-2-11/h4,6-9,11H,1-3,5H2. The number of aryl methyl sites for hydroxylation is 2. The van der Waals surface area contributed by atoms with Gasteiger partial charge in [-0.3, -0.25) is 9.13 Å². The quantitative estimate of drug-likeness (QED) is 0.797. The van der Waals surface area contributed by atoms with Gasteiger partial charge in [-0.1, -0.05) is 0 Å². The number of imidazole rings is 1. The maximum absolute atomic E-state index is 11.9. The molecule has 1 saturated carbocycles. The van der Waals surface area contributed by atoms with Gasteiger partial charge >= 0.3 is 5.69 Å². The molecule has 0 atom stereocenters. The molecule has 2 aromatic rings. The number of rotatable bonds is 4. The van der Waals surface area contributed by atoms with Crippen LogP contribution in [0.3, 0.4) is 0 Å². The second-order valence-electron chi connectivity index (χ2n) is 4.29. The summed E-state index contributed by atoms with van der Waals surface area (Å²) in [6.45, 7) is 0.787. The summed E-state index contributed by atoms with van der Waals surface area (Å²) in [6.07, 6.45) is 7.10. The van der Waals surface area contributed by atoms with Crippen molar-refractivity contribution in [1.29, 1.82) is 0 Å². The summed E-state index contributed by atoms with van der Waals surface area (Å²) in [6, 6.07) is 2.60. The molecule has 3 nitrogen and oxygen atoms in total. The van der Waals surface area contributed by atoms with Crippen LogP contribution in [-0.2, 0) is 13.0 Å². The van der Waals surface area contributed by atoms with E-state index >= 15 is 0 Å². The minimum Gasteiger partial charge on any atom is -0.299 e. The molecule has 2 heterocycles. The van der Waals surface area contributed by atoms with E-state index in [0.717, 1.165) is 25.8 Å². The van der Waals surface area contributed by atoms with E-state index < -0.39 is 0 Å². The summed E-state index contributed by atoms with van der Waals surface area (Å²) in [4.78, 5) is 11.9. The van der Waals surface area contributed by atoms with Crippen LogP contribution in [0.25, 0.3) is 0 Å². The van der Waals surface area contributed by atoms with Crippen LogP contribution in [0.2, 0.25) is 0 Å². The molecular weight excluding hydrogens is 220 g/mol. The number of hydrogen-bond donors (Lipinski definition) is 0. The highest BCUT2D eigenvalue weighted by atomic mass is 32.1. The number of aromatic nitrogens is 2. The van der Waals surface area contributed by atoms with Crippen molar-refractivity contribution in [1.82, 2.24) is 9.13 Å². The Hall–Kier alpha value is -1.29. The summed E-state index contributed by atoms with van der Waals surface area (Å²) in [7, 11) is 0. The van der Waals surface area contributed by atoms with Crippen LogP contribution in [0.1, 0.15) is 24.4 Å². The summed E-state index contributed by atoms with van der Waals surface area (Å²) < 4.78 is 3.68. The molecule has 2 aromatic heterocycles. The maximum atomic E-state index is 11.9. The van der Waals surface area contributed by atoms with Gasteiger partial charge in [0.25, 0.3) is 0 Å².